The molecule has 1 atom stereocenters. The van der Waals surface area contributed by atoms with Crippen LogP contribution in [0.5, 0.6) is 5.88 Å². The van der Waals surface area contributed by atoms with Crippen LogP contribution in [0.1, 0.15) is 0 Å². The average molecular weight is 233 g/mol. The Morgan fingerprint density at radius 1 is 1.92 bits per heavy atom. The molecule has 0 saturated heterocycles. The van der Waals surface area contributed by atoms with Crippen LogP contribution in [-0.4, -0.2) is 29.6 Å². The summed E-state index contributed by atoms with van der Waals surface area (Å²) < 4.78 is 13.3. The molecule has 0 bridgehead atoms. The predicted molar refractivity (Wildman–Crippen MR) is 46.2 cm³/mol. The van der Waals surface area contributed by atoms with E-state index in [4.69, 9.17) is 9.47 Å². The molecule has 12 heavy (non-hydrogen) atoms. The van der Waals surface area contributed by atoms with E-state index >= 15 is 0 Å². The Balaban J connectivity index is 2.12. The van der Waals surface area contributed by atoms with E-state index in [-0.39, 0.29) is 6.10 Å². The lowest BCUT2D eigenvalue weighted by Crippen LogP contribution is -2.20. The van der Waals surface area contributed by atoms with Gasteiger partial charge in [-0.25, -0.2) is 4.68 Å². The topological polar surface area (TPSA) is 36.3 Å². The molecule has 1 aromatic rings. The highest BCUT2D eigenvalue weighted by Crippen LogP contribution is 2.29. The lowest BCUT2D eigenvalue weighted by molar-refractivity contribution is 0.0931. The van der Waals surface area contributed by atoms with Gasteiger partial charge in [0, 0.05) is 7.11 Å². The van der Waals surface area contributed by atoms with Crippen LogP contribution >= 0.6 is 15.9 Å². The number of hydrogen-bond donors (Lipinski definition) is 0. The maximum atomic E-state index is 5.55. The Hall–Kier alpha value is -0.550. The zero-order valence-electron chi connectivity index (χ0n) is 6.66. The predicted octanol–water partition coefficient (Wildman–Crippen LogP) is 1.05. The smallest absolute Gasteiger partial charge is 0.227 e. The van der Waals surface area contributed by atoms with Crippen molar-refractivity contribution in [2.24, 2.45) is 0 Å². The normalized spacial score (nSPS) is 20.7. The molecule has 0 aromatic carbocycles. The van der Waals surface area contributed by atoms with Crippen molar-refractivity contribution in [1.82, 2.24) is 9.78 Å². The van der Waals surface area contributed by atoms with E-state index in [0.717, 1.165) is 16.9 Å². The first-order valence-electron chi connectivity index (χ1n) is 3.68. The van der Waals surface area contributed by atoms with Crippen molar-refractivity contribution in [3.8, 4) is 5.88 Å². The molecule has 1 aliphatic rings. The molecule has 2 rings (SSSR count). The van der Waals surface area contributed by atoms with Gasteiger partial charge in [-0.15, -0.1) is 0 Å². The van der Waals surface area contributed by atoms with Crippen molar-refractivity contribution in [3.05, 3.63) is 10.7 Å². The highest BCUT2D eigenvalue weighted by Gasteiger charge is 2.25. The molecule has 66 valence electrons. The van der Waals surface area contributed by atoms with Gasteiger partial charge in [0.15, 0.2) is 0 Å². The second-order valence-corrected chi connectivity index (χ2v) is 3.53. The largest absolute Gasteiger partial charge is 0.469 e. The maximum absolute atomic E-state index is 5.55. The van der Waals surface area contributed by atoms with E-state index in [2.05, 4.69) is 21.0 Å². The van der Waals surface area contributed by atoms with Gasteiger partial charge in [0.05, 0.1) is 23.8 Å². The van der Waals surface area contributed by atoms with E-state index in [1.54, 1.807) is 13.3 Å². The molecule has 0 aliphatic carbocycles. The third-order valence-corrected chi connectivity index (χ3v) is 2.30. The summed E-state index contributed by atoms with van der Waals surface area (Å²) in [5.41, 5.74) is 0. The van der Waals surface area contributed by atoms with Gasteiger partial charge < -0.3 is 9.47 Å². The van der Waals surface area contributed by atoms with Crippen LogP contribution in [0.25, 0.3) is 0 Å². The standard InChI is InChI=1S/C7H9BrN2O2/c1-11-4-5-3-10-7(12-5)6(8)2-9-10/h2,5H,3-4H2,1H3. The minimum atomic E-state index is 0.106. The number of nitrogens with zero attached hydrogens (tertiary/aromatic N) is 2. The Kier molecular flexibility index (Phi) is 2.06. The zero-order chi connectivity index (χ0) is 8.55. The van der Waals surface area contributed by atoms with Gasteiger partial charge in [-0.3, -0.25) is 0 Å². The monoisotopic (exact) mass is 232 g/mol. The molecule has 0 radical (unpaired) electrons. The maximum Gasteiger partial charge on any atom is 0.227 e. The Morgan fingerprint density at radius 2 is 2.75 bits per heavy atom. The minimum Gasteiger partial charge on any atom is -0.469 e. The summed E-state index contributed by atoms with van der Waals surface area (Å²) in [6.45, 7) is 1.38. The molecule has 0 spiro atoms. The number of halogens is 1. The Morgan fingerprint density at radius 3 is 3.42 bits per heavy atom. The third-order valence-electron chi connectivity index (χ3n) is 1.76. The van der Waals surface area contributed by atoms with Crippen LogP contribution in [-0.2, 0) is 11.3 Å². The van der Waals surface area contributed by atoms with Crippen LogP contribution in [0.3, 0.4) is 0 Å². The quantitative estimate of drug-likeness (QED) is 0.766. The SMILES string of the molecule is COCC1Cn2ncc(Br)c2O1. The first-order valence-corrected chi connectivity index (χ1v) is 4.47. The number of aromatic nitrogens is 2. The van der Waals surface area contributed by atoms with Gasteiger partial charge in [0.25, 0.3) is 0 Å². The van der Waals surface area contributed by atoms with Gasteiger partial charge in [-0.1, -0.05) is 0 Å². The number of hydrogen-bond acceptors (Lipinski definition) is 3. The number of fused-ring (bicyclic) bond motifs is 1. The van der Waals surface area contributed by atoms with Gasteiger partial charge >= 0.3 is 0 Å². The van der Waals surface area contributed by atoms with E-state index in [0.29, 0.717) is 6.61 Å². The first kappa shape index (κ1) is 8.07. The molecule has 0 fully saturated rings. The zero-order valence-corrected chi connectivity index (χ0v) is 8.24. The number of rotatable bonds is 2. The van der Waals surface area contributed by atoms with Crippen LogP contribution in [0.2, 0.25) is 0 Å². The van der Waals surface area contributed by atoms with Crippen LogP contribution in [0.4, 0.5) is 0 Å². The molecule has 2 heterocycles. The summed E-state index contributed by atoms with van der Waals surface area (Å²) in [6, 6.07) is 0. The van der Waals surface area contributed by atoms with Crippen molar-refractivity contribution in [1.29, 1.82) is 0 Å². The fourth-order valence-corrected chi connectivity index (χ4v) is 1.65. The van der Waals surface area contributed by atoms with E-state index in [1.807, 2.05) is 4.68 Å². The molecule has 0 amide bonds. The molecule has 1 unspecified atom stereocenters. The molecule has 4 nitrogen and oxygen atoms in total. The van der Waals surface area contributed by atoms with Crippen LogP contribution < -0.4 is 4.74 Å². The lowest BCUT2D eigenvalue weighted by atomic mass is 10.4. The van der Waals surface area contributed by atoms with Gasteiger partial charge in [-0.2, -0.15) is 5.10 Å². The van der Waals surface area contributed by atoms with E-state index < -0.39 is 0 Å². The van der Waals surface area contributed by atoms with Crippen molar-refractivity contribution < 1.29 is 9.47 Å². The van der Waals surface area contributed by atoms with Crippen molar-refractivity contribution in [2.75, 3.05) is 13.7 Å². The first-order chi connectivity index (χ1) is 5.81. The summed E-state index contributed by atoms with van der Waals surface area (Å²) in [4.78, 5) is 0. The fourth-order valence-electron chi connectivity index (χ4n) is 1.26. The molecular weight excluding hydrogens is 224 g/mol. The van der Waals surface area contributed by atoms with E-state index in [1.165, 1.54) is 0 Å². The third kappa shape index (κ3) is 1.23. The highest BCUT2D eigenvalue weighted by molar-refractivity contribution is 9.10. The summed E-state index contributed by atoms with van der Waals surface area (Å²) >= 11 is 3.35. The summed E-state index contributed by atoms with van der Waals surface area (Å²) in [6.07, 6.45) is 1.84. The number of ether oxygens (including phenoxy) is 2. The average Bonchev–Trinajstić information content (AvgIpc) is 2.55. The summed E-state index contributed by atoms with van der Waals surface area (Å²) in [5, 5.41) is 4.12. The number of methoxy groups -OCH3 is 1. The van der Waals surface area contributed by atoms with Crippen LogP contribution in [0.15, 0.2) is 10.7 Å². The van der Waals surface area contributed by atoms with Crippen LogP contribution in [0, 0.1) is 0 Å². The molecule has 0 saturated carbocycles. The second-order valence-electron chi connectivity index (χ2n) is 2.67. The Bertz CT molecular complexity index is 287. The molecular formula is C7H9BrN2O2. The lowest BCUT2D eigenvalue weighted by Gasteiger charge is -2.06. The van der Waals surface area contributed by atoms with Gasteiger partial charge in [-0.05, 0) is 15.9 Å². The van der Waals surface area contributed by atoms with Crippen molar-refractivity contribution in [2.45, 2.75) is 12.6 Å². The molecule has 1 aliphatic heterocycles. The second kappa shape index (κ2) is 3.06. The van der Waals surface area contributed by atoms with Gasteiger partial charge in [0.1, 0.15) is 6.10 Å². The van der Waals surface area contributed by atoms with Crippen molar-refractivity contribution in [3.63, 3.8) is 0 Å². The minimum absolute atomic E-state index is 0.106. The molecule has 1 aromatic heterocycles. The summed E-state index contributed by atoms with van der Waals surface area (Å²) in [5.74, 6) is 0.803. The fraction of sp³-hybridized carbons (Fsp3) is 0.571. The van der Waals surface area contributed by atoms with Gasteiger partial charge in [0.2, 0.25) is 5.88 Å². The van der Waals surface area contributed by atoms with Crippen molar-refractivity contribution >= 4 is 15.9 Å². The molecule has 5 heteroatoms. The highest BCUT2D eigenvalue weighted by atomic mass is 79.9. The summed E-state index contributed by atoms with van der Waals surface area (Å²) in [7, 11) is 1.67. The van der Waals surface area contributed by atoms with E-state index in [9.17, 15) is 0 Å². The Labute approximate surface area is 78.6 Å². The molecule has 0 N–H and O–H groups in total.